The van der Waals surface area contributed by atoms with Crippen molar-refractivity contribution >= 4 is 23.2 Å². The fraction of sp³-hybridized carbons (Fsp3) is 0.600. The second-order valence-corrected chi connectivity index (χ2v) is 6.12. The largest absolute Gasteiger partial charge is 0.329 e. The van der Waals surface area contributed by atoms with Crippen molar-refractivity contribution in [3.63, 3.8) is 0 Å². The summed E-state index contributed by atoms with van der Waals surface area (Å²) in [7, 11) is 0. The molecule has 0 heterocycles. The number of hydrogen-bond acceptors (Lipinski definition) is 2. The van der Waals surface area contributed by atoms with Crippen LogP contribution in [0.1, 0.15) is 37.8 Å². The van der Waals surface area contributed by atoms with Gasteiger partial charge in [0.1, 0.15) is 0 Å². The van der Waals surface area contributed by atoms with Gasteiger partial charge in [-0.25, -0.2) is 0 Å². The number of rotatable bonds is 7. The van der Waals surface area contributed by atoms with Gasteiger partial charge in [-0.15, -0.1) is 0 Å². The van der Waals surface area contributed by atoms with E-state index >= 15 is 0 Å². The molecule has 19 heavy (non-hydrogen) atoms. The molecule has 0 aliphatic heterocycles. The van der Waals surface area contributed by atoms with Gasteiger partial charge in [0.15, 0.2) is 0 Å². The van der Waals surface area contributed by atoms with Gasteiger partial charge in [-0.1, -0.05) is 42.3 Å². The molecule has 1 atom stereocenters. The fourth-order valence-corrected chi connectivity index (χ4v) is 2.98. The Hall–Kier alpha value is -0.280. The lowest BCUT2D eigenvalue weighted by molar-refractivity contribution is 0.193. The summed E-state index contributed by atoms with van der Waals surface area (Å²) in [6, 6.07) is 5.99. The highest BCUT2D eigenvalue weighted by atomic mass is 35.5. The molecule has 1 aliphatic rings. The fourth-order valence-electron chi connectivity index (χ4n) is 2.54. The zero-order chi connectivity index (χ0) is 13.8. The van der Waals surface area contributed by atoms with Gasteiger partial charge in [0.05, 0.1) is 10.0 Å². The van der Waals surface area contributed by atoms with Gasteiger partial charge in [0, 0.05) is 19.1 Å². The van der Waals surface area contributed by atoms with Gasteiger partial charge in [0.25, 0.3) is 0 Å². The zero-order valence-electron chi connectivity index (χ0n) is 11.4. The van der Waals surface area contributed by atoms with E-state index in [0.717, 1.165) is 31.0 Å². The van der Waals surface area contributed by atoms with Gasteiger partial charge in [-0.05, 0) is 43.4 Å². The predicted octanol–water partition coefficient (Wildman–Crippen LogP) is 4.12. The average Bonchev–Trinajstić information content (AvgIpc) is 3.19. The van der Waals surface area contributed by atoms with E-state index in [9.17, 15) is 0 Å². The Balaban J connectivity index is 2.21. The predicted molar refractivity (Wildman–Crippen MR) is 82.8 cm³/mol. The first-order valence-electron chi connectivity index (χ1n) is 7.05. The summed E-state index contributed by atoms with van der Waals surface area (Å²) in [4.78, 5) is 2.47. The maximum atomic E-state index is 6.35. The van der Waals surface area contributed by atoms with E-state index in [4.69, 9.17) is 28.9 Å². The third kappa shape index (κ3) is 3.85. The lowest BCUT2D eigenvalue weighted by atomic mass is 10.0. The maximum absolute atomic E-state index is 6.35. The van der Waals surface area contributed by atoms with Crippen molar-refractivity contribution in [2.24, 2.45) is 11.7 Å². The number of hydrogen-bond donors (Lipinski definition) is 1. The van der Waals surface area contributed by atoms with Gasteiger partial charge in [-0.2, -0.15) is 0 Å². The monoisotopic (exact) mass is 300 g/mol. The van der Waals surface area contributed by atoms with E-state index in [0.29, 0.717) is 16.6 Å². The highest BCUT2D eigenvalue weighted by molar-refractivity contribution is 6.42. The summed E-state index contributed by atoms with van der Waals surface area (Å²) in [5.41, 5.74) is 7.07. The minimum Gasteiger partial charge on any atom is -0.329 e. The summed E-state index contributed by atoms with van der Waals surface area (Å²) >= 11 is 12.5. The molecule has 0 amide bonds. The molecule has 2 N–H and O–H groups in total. The number of halogens is 2. The first kappa shape index (κ1) is 15.1. The van der Waals surface area contributed by atoms with Crippen molar-refractivity contribution in [1.82, 2.24) is 4.90 Å². The van der Waals surface area contributed by atoms with Crippen LogP contribution in [-0.2, 0) is 0 Å². The summed E-state index contributed by atoms with van der Waals surface area (Å²) in [5.74, 6) is 0.846. The van der Waals surface area contributed by atoms with Crippen molar-refractivity contribution in [1.29, 1.82) is 0 Å². The maximum Gasteiger partial charge on any atom is 0.0640 e. The van der Waals surface area contributed by atoms with Gasteiger partial charge in [-0.3, -0.25) is 4.90 Å². The molecule has 106 valence electrons. The first-order chi connectivity index (χ1) is 9.17. The Kier molecular flexibility index (Phi) is 5.52. The van der Waals surface area contributed by atoms with Crippen molar-refractivity contribution in [2.75, 3.05) is 19.6 Å². The zero-order valence-corrected chi connectivity index (χ0v) is 12.9. The highest BCUT2D eigenvalue weighted by Gasteiger charge is 2.29. The third-order valence-electron chi connectivity index (χ3n) is 3.70. The molecule has 1 saturated carbocycles. The van der Waals surface area contributed by atoms with E-state index in [1.54, 1.807) is 0 Å². The van der Waals surface area contributed by atoms with Crippen molar-refractivity contribution in [2.45, 2.75) is 32.2 Å². The number of benzene rings is 1. The van der Waals surface area contributed by atoms with Crippen molar-refractivity contribution in [3.05, 3.63) is 33.8 Å². The highest BCUT2D eigenvalue weighted by Crippen LogP contribution is 2.36. The van der Waals surface area contributed by atoms with E-state index in [2.05, 4.69) is 11.8 Å². The quantitative estimate of drug-likeness (QED) is 0.821. The molecular weight excluding hydrogens is 279 g/mol. The molecule has 0 spiro atoms. The van der Waals surface area contributed by atoms with Crippen LogP contribution in [0.15, 0.2) is 18.2 Å². The van der Waals surface area contributed by atoms with Crippen LogP contribution in [-0.4, -0.2) is 24.5 Å². The molecule has 1 aromatic carbocycles. The minimum atomic E-state index is 0.173. The molecule has 1 aromatic rings. The molecule has 2 nitrogen and oxygen atoms in total. The standard InChI is InChI=1S/C15H22Cl2N2/c1-2-8-19(10-11-6-7-11)14(9-18)12-4-3-5-13(16)15(12)17/h3-5,11,14H,2,6-10,18H2,1H3. The Morgan fingerprint density at radius 1 is 1.37 bits per heavy atom. The smallest absolute Gasteiger partial charge is 0.0640 e. The van der Waals surface area contributed by atoms with E-state index in [1.807, 2.05) is 18.2 Å². The summed E-state index contributed by atoms with van der Waals surface area (Å²) < 4.78 is 0. The van der Waals surface area contributed by atoms with Crippen LogP contribution in [0.5, 0.6) is 0 Å². The Morgan fingerprint density at radius 2 is 2.11 bits per heavy atom. The molecule has 2 rings (SSSR count). The summed E-state index contributed by atoms with van der Waals surface area (Å²) in [5, 5.41) is 1.26. The van der Waals surface area contributed by atoms with Crippen molar-refractivity contribution < 1.29 is 0 Å². The molecule has 0 saturated heterocycles. The van der Waals surface area contributed by atoms with Crippen LogP contribution >= 0.6 is 23.2 Å². The molecule has 0 bridgehead atoms. The van der Waals surface area contributed by atoms with Crippen LogP contribution in [0, 0.1) is 5.92 Å². The van der Waals surface area contributed by atoms with Crippen LogP contribution < -0.4 is 5.73 Å². The summed E-state index contributed by atoms with van der Waals surface area (Å²) in [6.07, 6.45) is 3.82. The van der Waals surface area contributed by atoms with Gasteiger partial charge < -0.3 is 5.73 Å². The van der Waals surface area contributed by atoms with Gasteiger partial charge >= 0.3 is 0 Å². The van der Waals surface area contributed by atoms with Crippen molar-refractivity contribution in [3.8, 4) is 0 Å². The first-order valence-corrected chi connectivity index (χ1v) is 7.81. The van der Waals surface area contributed by atoms with Crippen LogP contribution in [0.3, 0.4) is 0 Å². The second-order valence-electron chi connectivity index (χ2n) is 5.33. The second kappa shape index (κ2) is 6.94. The van der Waals surface area contributed by atoms with Crippen LogP contribution in [0.4, 0.5) is 0 Å². The normalized spacial score (nSPS) is 16.9. The SMILES string of the molecule is CCCN(CC1CC1)C(CN)c1cccc(Cl)c1Cl. The molecule has 4 heteroatoms. The number of nitrogens with zero attached hydrogens (tertiary/aromatic N) is 1. The minimum absolute atomic E-state index is 0.173. The molecule has 1 unspecified atom stereocenters. The third-order valence-corrected chi connectivity index (χ3v) is 4.54. The number of nitrogens with two attached hydrogens (primary N) is 1. The lowest BCUT2D eigenvalue weighted by Gasteiger charge is -2.31. The average molecular weight is 301 g/mol. The molecular formula is C15H22Cl2N2. The molecule has 1 fully saturated rings. The van der Waals surface area contributed by atoms with Gasteiger partial charge in [0.2, 0.25) is 0 Å². The Bertz CT molecular complexity index is 419. The van der Waals surface area contributed by atoms with Crippen LogP contribution in [0.2, 0.25) is 10.0 Å². The Morgan fingerprint density at radius 3 is 2.68 bits per heavy atom. The van der Waals surface area contributed by atoms with E-state index < -0.39 is 0 Å². The van der Waals surface area contributed by atoms with E-state index in [-0.39, 0.29) is 6.04 Å². The molecule has 1 aliphatic carbocycles. The Labute approximate surface area is 125 Å². The van der Waals surface area contributed by atoms with E-state index in [1.165, 1.54) is 12.8 Å². The molecule has 0 aromatic heterocycles. The summed E-state index contributed by atoms with van der Waals surface area (Å²) in [6.45, 7) is 4.96. The lowest BCUT2D eigenvalue weighted by Crippen LogP contribution is -2.36. The topological polar surface area (TPSA) is 29.3 Å². The molecule has 0 radical (unpaired) electrons. The van der Waals surface area contributed by atoms with Crippen LogP contribution in [0.25, 0.3) is 0 Å².